The molecule has 1 saturated heterocycles. The maximum atomic E-state index is 12.9. The number of halogens is 1. The predicted octanol–water partition coefficient (Wildman–Crippen LogP) is 5.27. The average Bonchev–Trinajstić information content (AvgIpc) is 3.35. The van der Waals surface area contributed by atoms with Crippen molar-refractivity contribution in [2.75, 3.05) is 13.2 Å². The van der Waals surface area contributed by atoms with Gasteiger partial charge >= 0.3 is 5.97 Å². The zero-order chi connectivity index (χ0) is 24.2. The number of para-hydroxylation sites is 1. The number of nitrogens with zero attached hydrogens (tertiary/aromatic N) is 3. The second-order valence-corrected chi connectivity index (χ2v) is 9.35. The van der Waals surface area contributed by atoms with E-state index in [2.05, 4.69) is 0 Å². The lowest BCUT2D eigenvalue weighted by molar-refractivity contribution is -0.137. The molecule has 0 radical (unpaired) electrons. The Morgan fingerprint density at radius 2 is 2.03 bits per heavy atom. The van der Waals surface area contributed by atoms with E-state index in [1.54, 1.807) is 22.9 Å². The van der Waals surface area contributed by atoms with E-state index in [0.717, 1.165) is 23.0 Å². The largest absolute Gasteiger partial charge is 0.492 e. The molecule has 1 aliphatic rings. The van der Waals surface area contributed by atoms with Gasteiger partial charge in [0.2, 0.25) is 0 Å². The molecule has 1 aromatic heterocycles. The fourth-order valence-electron chi connectivity index (χ4n) is 3.39. The molecule has 1 N–H and O–H groups in total. The molecule has 1 aliphatic heterocycles. The molecule has 174 valence electrons. The lowest BCUT2D eigenvalue weighted by atomic mass is 10.1. The van der Waals surface area contributed by atoms with Gasteiger partial charge in [-0.2, -0.15) is 5.10 Å². The van der Waals surface area contributed by atoms with E-state index >= 15 is 0 Å². The van der Waals surface area contributed by atoms with E-state index in [-0.39, 0.29) is 18.9 Å². The number of aromatic nitrogens is 2. The number of rotatable bonds is 8. The van der Waals surface area contributed by atoms with Crippen LogP contribution >= 0.6 is 35.6 Å². The minimum absolute atomic E-state index is 0.0297. The number of hydrogen-bond donors (Lipinski definition) is 1. The van der Waals surface area contributed by atoms with Gasteiger partial charge in [0.1, 0.15) is 15.8 Å². The molecule has 0 bridgehead atoms. The molecule has 10 heteroatoms. The normalized spacial score (nSPS) is 14.8. The smallest absolute Gasteiger partial charge is 0.305 e. The number of benzene rings is 2. The first-order valence-corrected chi connectivity index (χ1v) is 12.0. The van der Waals surface area contributed by atoms with Gasteiger partial charge < -0.3 is 9.84 Å². The zero-order valence-electron chi connectivity index (χ0n) is 18.1. The number of ether oxygens (including phenoxy) is 1. The number of carbonyl (C=O) groups is 2. The van der Waals surface area contributed by atoms with Gasteiger partial charge in [-0.1, -0.05) is 53.8 Å². The van der Waals surface area contributed by atoms with Crippen molar-refractivity contribution in [2.24, 2.45) is 0 Å². The number of carboxylic acids is 1. The van der Waals surface area contributed by atoms with Crippen molar-refractivity contribution in [3.05, 3.63) is 70.2 Å². The van der Waals surface area contributed by atoms with Crippen LogP contribution in [0.4, 0.5) is 0 Å². The van der Waals surface area contributed by atoms with Crippen molar-refractivity contribution in [2.45, 2.75) is 13.3 Å². The van der Waals surface area contributed by atoms with Crippen LogP contribution in [-0.4, -0.2) is 49.1 Å². The van der Waals surface area contributed by atoms with Gasteiger partial charge in [-0.05, 0) is 43.3 Å². The Bertz CT molecular complexity index is 1290. The van der Waals surface area contributed by atoms with E-state index in [0.29, 0.717) is 37.9 Å². The molecule has 1 amide bonds. The van der Waals surface area contributed by atoms with Crippen molar-refractivity contribution in [1.82, 2.24) is 14.7 Å². The summed E-state index contributed by atoms with van der Waals surface area (Å²) in [6.07, 6.45) is 3.38. The number of hydrogen-bond acceptors (Lipinski definition) is 6. The molecule has 0 unspecified atom stereocenters. The highest BCUT2D eigenvalue weighted by Crippen LogP contribution is 2.36. The first kappa shape index (κ1) is 24.0. The van der Waals surface area contributed by atoms with Crippen LogP contribution in [0.25, 0.3) is 23.0 Å². The number of thioether (sulfide) groups is 1. The minimum Gasteiger partial charge on any atom is -0.492 e. The monoisotopic (exact) mass is 513 g/mol. The van der Waals surface area contributed by atoms with Gasteiger partial charge in [0.05, 0.1) is 28.6 Å². The van der Waals surface area contributed by atoms with Crippen LogP contribution in [0.3, 0.4) is 0 Å². The number of aliphatic carboxylic acids is 1. The molecular weight excluding hydrogens is 494 g/mol. The molecule has 34 heavy (non-hydrogen) atoms. The molecule has 0 atom stereocenters. The van der Waals surface area contributed by atoms with E-state index in [1.165, 1.54) is 4.90 Å². The maximum absolute atomic E-state index is 12.9. The van der Waals surface area contributed by atoms with Gasteiger partial charge in [-0.3, -0.25) is 14.5 Å². The summed E-state index contributed by atoms with van der Waals surface area (Å²) in [5, 5.41) is 14.2. The number of thiocarbonyl (C=S) groups is 1. The van der Waals surface area contributed by atoms with Gasteiger partial charge in [0.15, 0.2) is 0 Å². The van der Waals surface area contributed by atoms with Crippen molar-refractivity contribution < 1.29 is 19.4 Å². The summed E-state index contributed by atoms with van der Waals surface area (Å²) in [5.41, 5.74) is 2.94. The Hall–Kier alpha value is -3.14. The second kappa shape index (κ2) is 10.4. The van der Waals surface area contributed by atoms with E-state index in [9.17, 15) is 9.59 Å². The Morgan fingerprint density at radius 3 is 2.71 bits per heavy atom. The summed E-state index contributed by atoms with van der Waals surface area (Å²) in [4.78, 5) is 25.6. The Labute approximate surface area is 211 Å². The summed E-state index contributed by atoms with van der Waals surface area (Å²) in [6, 6.07) is 15.0. The van der Waals surface area contributed by atoms with Crippen LogP contribution in [0, 0.1) is 0 Å². The van der Waals surface area contributed by atoms with Crippen molar-refractivity contribution in [3.63, 3.8) is 0 Å². The topological polar surface area (TPSA) is 84.7 Å². The van der Waals surface area contributed by atoms with Gasteiger partial charge in [0, 0.05) is 23.9 Å². The van der Waals surface area contributed by atoms with Crippen LogP contribution < -0.4 is 4.74 Å². The van der Waals surface area contributed by atoms with Crippen molar-refractivity contribution in [3.8, 4) is 22.7 Å². The molecule has 0 saturated carbocycles. The molecule has 2 aromatic carbocycles. The first-order valence-electron chi connectivity index (χ1n) is 10.4. The zero-order valence-corrected chi connectivity index (χ0v) is 20.5. The van der Waals surface area contributed by atoms with Crippen molar-refractivity contribution in [1.29, 1.82) is 0 Å². The Kier molecular flexibility index (Phi) is 7.35. The fraction of sp³-hybridized carbons (Fsp3) is 0.167. The third kappa shape index (κ3) is 5.16. The van der Waals surface area contributed by atoms with Gasteiger partial charge in [-0.25, -0.2) is 4.68 Å². The standard InChI is InChI=1S/C24H20ClN3O4S2/c1-2-32-19-9-8-15(12-18(19)25)22-16(14-28(26-22)17-6-4-3-5-7-17)13-20-23(31)27(24(33)34-20)11-10-21(29)30/h3-9,12-14H,2,10-11H2,1H3,(H,29,30)/b20-13-. The minimum atomic E-state index is -0.989. The van der Waals surface area contributed by atoms with Gasteiger partial charge in [0.25, 0.3) is 5.91 Å². The third-order valence-electron chi connectivity index (χ3n) is 4.98. The SMILES string of the molecule is CCOc1ccc(-c2nn(-c3ccccc3)cc2/C=C2\SC(=S)N(CCC(=O)O)C2=O)cc1Cl. The Balaban J connectivity index is 1.75. The average molecular weight is 514 g/mol. The number of carbonyl (C=O) groups excluding carboxylic acids is 1. The third-order valence-corrected chi connectivity index (χ3v) is 6.65. The lowest BCUT2D eigenvalue weighted by Crippen LogP contribution is -2.30. The fourth-order valence-corrected chi connectivity index (χ4v) is 4.93. The molecule has 2 heterocycles. The maximum Gasteiger partial charge on any atom is 0.305 e. The van der Waals surface area contributed by atoms with Crippen LogP contribution in [-0.2, 0) is 9.59 Å². The molecule has 7 nitrogen and oxygen atoms in total. The second-order valence-electron chi connectivity index (χ2n) is 7.27. The summed E-state index contributed by atoms with van der Waals surface area (Å²) in [7, 11) is 0. The molecule has 0 aliphatic carbocycles. The summed E-state index contributed by atoms with van der Waals surface area (Å²) in [5.74, 6) is -0.729. The number of amides is 1. The van der Waals surface area contributed by atoms with Crippen LogP contribution in [0.1, 0.15) is 18.9 Å². The van der Waals surface area contributed by atoms with E-state index in [4.69, 9.17) is 38.8 Å². The summed E-state index contributed by atoms with van der Waals surface area (Å²) in [6.45, 7) is 2.41. The first-order chi connectivity index (χ1) is 16.4. The quantitative estimate of drug-likeness (QED) is 0.324. The molecule has 1 fully saturated rings. The highest BCUT2D eigenvalue weighted by atomic mass is 35.5. The summed E-state index contributed by atoms with van der Waals surface area (Å²) < 4.78 is 7.60. The molecule has 0 spiro atoms. The van der Waals surface area contributed by atoms with E-state index in [1.807, 2.05) is 49.5 Å². The van der Waals surface area contributed by atoms with Crippen LogP contribution in [0.15, 0.2) is 59.6 Å². The van der Waals surface area contributed by atoms with Crippen molar-refractivity contribution >= 4 is 57.9 Å². The van der Waals surface area contributed by atoms with E-state index < -0.39 is 5.97 Å². The number of carboxylic acid groups (broad SMARTS) is 1. The van der Waals surface area contributed by atoms with Gasteiger partial charge in [-0.15, -0.1) is 0 Å². The lowest BCUT2D eigenvalue weighted by Gasteiger charge is -2.12. The molecule has 4 rings (SSSR count). The van der Waals surface area contributed by atoms with Crippen LogP contribution in [0.5, 0.6) is 5.75 Å². The highest BCUT2D eigenvalue weighted by Gasteiger charge is 2.32. The predicted molar refractivity (Wildman–Crippen MR) is 137 cm³/mol. The molecule has 3 aromatic rings. The Morgan fingerprint density at radius 1 is 1.26 bits per heavy atom. The highest BCUT2D eigenvalue weighted by molar-refractivity contribution is 8.26. The van der Waals surface area contributed by atoms with Crippen LogP contribution in [0.2, 0.25) is 5.02 Å². The molecular formula is C24H20ClN3O4S2. The summed E-state index contributed by atoms with van der Waals surface area (Å²) >= 11 is 12.9.